The number of rotatable bonds is 2. The standard InChI is InChI=1S/C11H8Cl2N2O2/c1-6-4-5-14-10(13)9(6)15-11(16)7-2-3-8(12)17-7/h2-5H,1H3,(H,15,16). The Bertz CT molecular complexity index is 546. The van der Waals surface area contributed by atoms with Gasteiger partial charge in [-0.2, -0.15) is 0 Å². The summed E-state index contributed by atoms with van der Waals surface area (Å²) in [6.45, 7) is 1.82. The average molecular weight is 271 g/mol. The van der Waals surface area contributed by atoms with Gasteiger partial charge in [0.1, 0.15) is 0 Å². The first-order chi connectivity index (χ1) is 8.08. The highest BCUT2D eigenvalue weighted by Gasteiger charge is 2.14. The van der Waals surface area contributed by atoms with E-state index >= 15 is 0 Å². The number of nitrogens with one attached hydrogen (secondary N) is 1. The van der Waals surface area contributed by atoms with Gasteiger partial charge in [0.05, 0.1) is 5.69 Å². The van der Waals surface area contributed by atoms with Gasteiger partial charge in [-0.1, -0.05) is 11.6 Å². The number of pyridine rings is 1. The molecule has 2 heterocycles. The fraction of sp³-hybridized carbons (Fsp3) is 0.0909. The number of hydrogen-bond donors (Lipinski definition) is 1. The number of carbonyl (C=O) groups excluding carboxylic acids is 1. The lowest BCUT2D eigenvalue weighted by Gasteiger charge is -2.07. The van der Waals surface area contributed by atoms with Crippen LogP contribution >= 0.6 is 23.2 Å². The molecule has 0 spiro atoms. The predicted octanol–water partition coefficient (Wildman–Crippen LogP) is 3.54. The third-order valence-electron chi connectivity index (χ3n) is 2.15. The van der Waals surface area contributed by atoms with Gasteiger partial charge in [0, 0.05) is 6.20 Å². The van der Waals surface area contributed by atoms with Crippen LogP contribution in [0.3, 0.4) is 0 Å². The largest absolute Gasteiger partial charge is 0.440 e. The number of carbonyl (C=O) groups is 1. The zero-order valence-corrected chi connectivity index (χ0v) is 10.3. The van der Waals surface area contributed by atoms with Gasteiger partial charge in [-0.3, -0.25) is 4.79 Å². The number of aromatic nitrogens is 1. The monoisotopic (exact) mass is 270 g/mol. The highest BCUT2D eigenvalue weighted by Crippen LogP contribution is 2.24. The van der Waals surface area contributed by atoms with Crippen LogP contribution in [0.15, 0.2) is 28.8 Å². The highest BCUT2D eigenvalue weighted by molar-refractivity contribution is 6.33. The van der Waals surface area contributed by atoms with Gasteiger partial charge < -0.3 is 9.73 Å². The van der Waals surface area contributed by atoms with Crippen molar-refractivity contribution in [1.82, 2.24) is 4.98 Å². The van der Waals surface area contributed by atoms with Crippen molar-refractivity contribution in [1.29, 1.82) is 0 Å². The van der Waals surface area contributed by atoms with Crippen LogP contribution in [0.4, 0.5) is 5.69 Å². The zero-order valence-electron chi connectivity index (χ0n) is 8.83. The topological polar surface area (TPSA) is 55.1 Å². The SMILES string of the molecule is Cc1ccnc(Cl)c1NC(=O)c1ccc(Cl)o1. The molecular formula is C11H8Cl2N2O2. The maximum atomic E-state index is 11.8. The molecule has 0 aromatic carbocycles. The van der Waals surface area contributed by atoms with Crippen LogP contribution < -0.4 is 5.32 Å². The Morgan fingerprint density at radius 1 is 1.35 bits per heavy atom. The molecule has 2 aromatic rings. The lowest BCUT2D eigenvalue weighted by molar-refractivity contribution is 0.0996. The van der Waals surface area contributed by atoms with Gasteiger partial charge in [-0.15, -0.1) is 0 Å². The van der Waals surface area contributed by atoms with Gasteiger partial charge in [0.15, 0.2) is 16.1 Å². The fourth-order valence-corrected chi connectivity index (χ4v) is 1.69. The molecule has 0 fully saturated rings. The van der Waals surface area contributed by atoms with Crippen LogP contribution in [0, 0.1) is 6.92 Å². The molecule has 2 rings (SSSR count). The van der Waals surface area contributed by atoms with Crippen molar-refractivity contribution in [3.8, 4) is 0 Å². The normalized spacial score (nSPS) is 10.3. The molecular weight excluding hydrogens is 263 g/mol. The van der Waals surface area contributed by atoms with E-state index < -0.39 is 5.91 Å². The van der Waals surface area contributed by atoms with Crippen LogP contribution in [-0.4, -0.2) is 10.9 Å². The summed E-state index contributed by atoms with van der Waals surface area (Å²) in [4.78, 5) is 15.7. The second kappa shape index (κ2) is 4.77. The van der Waals surface area contributed by atoms with Crippen LogP contribution in [-0.2, 0) is 0 Å². The summed E-state index contributed by atoms with van der Waals surface area (Å²) in [5.74, 6) is -0.302. The smallest absolute Gasteiger partial charge is 0.291 e. The molecule has 0 aliphatic heterocycles. The molecule has 0 aliphatic rings. The lowest BCUT2D eigenvalue weighted by atomic mass is 10.2. The number of nitrogens with zero attached hydrogens (tertiary/aromatic N) is 1. The van der Waals surface area contributed by atoms with Crippen molar-refractivity contribution in [3.05, 3.63) is 46.1 Å². The second-order valence-electron chi connectivity index (χ2n) is 3.35. The average Bonchev–Trinajstić information content (AvgIpc) is 2.70. The summed E-state index contributed by atoms with van der Waals surface area (Å²) in [5.41, 5.74) is 1.28. The van der Waals surface area contributed by atoms with Gasteiger partial charge in [0.25, 0.3) is 5.91 Å². The summed E-state index contributed by atoms with van der Waals surface area (Å²) >= 11 is 11.5. The first-order valence-electron chi connectivity index (χ1n) is 4.75. The van der Waals surface area contributed by atoms with Crippen LogP contribution in [0.5, 0.6) is 0 Å². The van der Waals surface area contributed by atoms with E-state index in [-0.39, 0.29) is 16.1 Å². The minimum absolute atomic E-state index is 0.120. The van der Waals surface area contributed by atoms with Gasteiger partial charge in [-0.05, 0) is 42.3 Å². The fourth-order valence-electron chi connectivity index (χ4n) is 1.29. The summed E-state index contributed by atoms with van der Waals surface area (Å²) in [6, 6.07) is 4.72. The van der Waals surface area contributed by atoms with Gasteiger partial charge >= 0.3 is 0 Å². The molecule has 17 heavy (non-hydrogen) atoms. The molecule has 0 bridgehead atoms. The van der Waals surface area contributed by atoms with Gasteiger partial charge in [-0.25, -0.2) is 4.98 Å². The number of anilines is 1. The third-order valence-corrected chi connectivity index (χ3v) is 2.64. The maximum absolute atomic E-state index is 11.8. The van der Waals surface area contributed by atoms with E-state index in [0.717, 1.165) is 5.56 Å². The molecule has 0 saturated carbocycles. The highest BCUT2D eigenvalue weighted by atomic mass is 35.5. The Labute approximate surface area is 108 Å². The molecule has 6 heteroatoms. The molecule has 0 unspecified atom stereocenters. The van der Waals surface area contributed by atoms with Crippen LogP contribution in [0.25, 0.3) is 0 Å². The molecule has 88 valence electrons. The number of halogens is 2. The first kappa shape index (κ1) is 12.0. The summed E-state index contributed by atoms with van der Waals surface area (Å²) in [5, 5.41) is 3.01. The third kappa shape index (κ3) is 2.60. The van der Waals surface area contributed by atoms with E-state index in [1.165, 1.54) is 12.1 Å². The van der Waals surface area contributed by atoms with Crippen LogP contribution in [0.2, 0.25) is 10.4 Å². The molecule has 1 amide bonds. The first-order valence-corrected chi connectivity index (χ1v) is 5.51. The minimum Gasteiger partial charge on any atom is -0.440 e. The number of hydrogen-bond acceptors (Lipinski definition) is 3. The molecule has 1 N–H and O–H groups in total. The molecule has 4 nitrogen and oxygen atoms in total. The molecule has 0 saturated heterocycles. The van der Waals surface area contributed by atoms with E-state index in [1.807, 2.05) is 6.92 Å². The molecule has 2 aromatic heterocycles. The van der Waals surface area contributed by atoms with Crippen molar-refractivity contribution in [2.75, 3.05) is 5.32 Å². The van der Waals surface area contributed by atoms with E-state index in [4.69, 9.17) is 27.6 Å². The summed E-state index contributed by atoms with van der Waals surface area (Å²) in [6.07, 6.45) is 1.57. The molecule has 0 radical (unpaired) electrons. The minimum atomic E-state index is -0.421. The second-order valence-corrected chi connectivity index (χ2v) is 4.08. The molecule has 0 atom stereocenters. The van der Waals surface area contributed by atoms with Crippen molar-refractivity contribution in [2.24, 2.45) is 0 Å². The number of furan rings is 1. The predicted molar refractivity (Wildman–Crippen MR) is 65.7 cm³/mol. The van der Waals surface area contributed by atoms with E-state index in [1.54, 1.807) is 12.3 Å². The van der Waals surface area contributed by atoms with Crippen molar-refractivity contribution < 1.29 is 9.21 Å². The zero-order chi connectivity index (χ0) is 12.4. The summed E-state index contributed by atoms with van der Waals surface area (Å²) < 4.78 is 4.99. The Balaban J connectivity index is 2.24. The van der Waals surface area contributed by atoms with Crippen LogP contribution in [0.1, 0.15) is 16.1 Å². The van der Waals surface area contributed by atoms with Crippen molar-refractivity contribution >= 4 is 34.8 Å². The maximum Gasteiger partial charge on any atom is 0.291 e. The quantitative estimate of drug-likeness (QED) is 0.850. The summed E-state index contributed by atoms with van der Waals surface area (Å²) in [7, 11) is 0. The number of amides is 1. The van der Waals surface area contributed by atoms with Crippen molar-refractivity contribution in [2.45, 2.75) is 6.92 Å². The molecule has 0 aliphatic carbocycles. The van der Waals surface area contributed by atoms with E-state index in [0.29, 0.717) is 5.69 Å². The van der Waals surface area contributed by atoms with E-state index in [2.05, 4.69) is 10.3 Å². The Morgan fingerprint density at radius 2 is 2.12 bits per heavy atom. The lowest BCUT2D eigenvalue weighted by Crippen LogP contribution is -2.12. The van der Waals surface area contributed by atoms with Crippen molar-refractivity contribution in [3.63, 3.8) is 0 Å². The van der Waals surface area contributed by atoms with E-state index in [9.17, 15) is 4.79 Å². The Morgan fingerprint density at radius 3 is 2.71 bits per heavy atom. The number of aryl methyl sites for hydroxylation is 1. The van der Waals surface area contributed by atoms with Gasteiger partial charge in [0.2, 0.25) is 0 Å². The Kier molecular flexibility index (Phi) is 3.36. The Hall–Kier alpha value is -1.52.